The summed E-state index contributed by atoms with van der Waals surface area (Å²) in [6.45, 7) is 1.44. The van der Waals surface area contributed by atoms with Gasteiger partial charge in [-0.25, -0.2) is 9.37 Å². The monoisotopic (exact) mass is 362 g/mol. The van der Waals surface area contributed by atoms with E-state index in [1.54, 1.807) is 30.3 Å². The Hall–Kier alpha value is -3.74. The van der Waals surface area contributed by atoms with Crippen molar-refractivity contribution < 1.29 is 14.0 Å². The number of anilines is 1. The number of H-pyrrole nitrogens is 2. The first-order valence-electron chi connectivity index (χ1n) is 8.26. The van der Waals surface area contributed by atoms with Crippen LogP contribution in [-0.2, 0) is 0 Å². The molecule has 6 nitrogen and oxygen atoms in total. The molecule has 0 radical (unpaired) electrons. The number of carbonyl (C=O) groups is 2. The predicted octanol–water partition coefficient (Wildman–Crippen LogP) is 4.15. The van der Waals surface area contributed by atoms with Crippen molar-refractivity contribution in [1.29, 1.82) is 0 Å². The van der Waals surface area contributed by atoms with E-state index in [2.05, 4.69) is 20.3 Å². The highest BCUT2D eigenvalue weighted by Crippen LogP contribution is 2.23. The number of hydrogen-bond donors (Lipinski definition) is 3. The van der Waals surface area contributed by atoms with Gasteiger partial charge in [0.05, 0.1) is 11.0 Å². The molecule has 7 heteroatoms. The van der Waals surface area contributed by atoms with Crippen molar-refractivity contribution in [3.8, 4) is 11.4 Å². The number of hydrogen-bond acceptors (Lipinski definition) is 3. The predicted molar refractivity (Wildman–Crippen MR) is 100 cm³/mol. The van der Waals surface area contributed by atoms with Crippen LogP contribution in [0.15, 0.2) is 54.7 Å². The number of halogens is 1. The van der Waals surface area contributed by atoms with Crippen LogP contribution in [0, 0.1) is 5.82 Å². The average molecular weight is 362 g/mol. The summed E-state index contributed by atoms with van der Waals surface area (Å²) in [5.74, 6) is -0.154. The van der Waals surface area contributed by atoms with E-state index in [-0.39, 0.29) is 17.5 Å². The van der Waals surface area contributed by atoms with Gasteiger partial charge in [-0.2, -0.15) is 0 Å². The summed E-state index contributed by atoms with van der Waals surface area (Å²) in [7, 11) is 0. The summed E-state index contributed by atoms with van der Waals surface area (Å²) in [5, 5.41) is 2.78. The Labute approximate surface area is 153 Å². The van der Waals surface area contributed by atoms with E-state index < -0.39 is 0 Å². The minimum absolute atomic E-state index is 0.113. The first-order chi connectivity index (χ1) is 13.0. The maximum Gasteiger partial charge on any atom is 0.272 e. The van der Waals surface area contributed by atoms with Crippen LogP contribution >= 0.6 is 0 Å². The summed E-state index contributed by atoms with van der Waals surface area (Å²) in [6.07, 6.45) is 1.50. The Morgan fingerprint density at radius 3 is 2.56 bits per heavy atom. The number of fused-ring (bicyclic) bond motifs is 1. The zero-order valence-corrected chi connectivity index (χ0v) is 14.3. The number of Topliss-reactive ketones (excluding diaryl/α,β-unsaturated/α-hetero) is 1. The summed E-state index contributed by atoms with van der Waals surface area (Å²) in [4.78, 5) is 34.1. The molecule has 2 aromatic heterocycles. The molecular formula is C20H15FN4O2. The van der Waals surface area contributed by atoms with Gasteiger partial charge in [0.15, 0.2) is 5.78 Å². The van der Waals surface area contributed by atoms with Gasteiger partial charge in [-0.05, 0) is 55.5 Å². The highest BCUT2D eigenvalue weighted by molar-refractivity contribution is 6.05. The molecule has 4 aromatic rings. The normalized spacial score (nSPS) is 10.9. The molecule has 0 saturated carbocycles. The number of amides is 1. The molecule has 0 bridgehead atoms. The lowest BCUT2D eigenvalue weighted by molar-refractivity contribution is 0.101. The molecule has 2 aromatic carbocycles. The van der Waals surface area contributed by atoms with Crippen molar-refractivity contribution >= 4 is 28.4 Å². The number of benzene rings is 2. The lowest BCUT2D eigenvalue weighted by atomic mass is 10.2. The van der Waals surface area contributed by atoms with Crippen molar-refractivity contribution in [2.24, 2.45) is 0 Å². The third-order valence-electron chi connectivity index (χ3n) is 4.19. The van der Waals surface area contributed by atoms with Crippen molar-refractivity contribution in [1.82, 2.24) is 15.0 Å². The SMILES string of the molecule is CC(=O)c1c[nH]c(C(=O)Nc2ccc3nc(-c4ccc(F)cc4)[nH]c3c2)c1. The van der Waals surface area contributed by atoms with Crippen LogP contribution in [0.2, 0.25) is 0 Å². The molecule has 1 amide bonds. The van der Waals surface area contributed by atoms with Crippen molar-refractivity contribution in [3.63, 3.8) is 0 Å². The standard InChI is InChI=1S/C20H15FN4O2/c1-11(26)13-8-18(22-10-13)20(27)23-15-6-7-16-17(9-15)25-19(24-16)12-2-4-14(21)5-3-12/h2-10,22H,1H3,(H,23,27)(H,24,25). The van der Waals surface area contributed by atoms with Crippen LogP contribution in [0.5, 0.6) is 0 Å². The lowest BCUT2D eigenvalue weighted by Gasteiger charge is -2.03. The number of rotatable bonds is 4. The molecule has 0 unspecified atom stereocenters. The fourth-order valence-corrected chi connectivity index (χ4v) is 2.76. The second-order valence-electron chi connectivity index (χ2n) is 6.14. The molecule has 27 heavy (non-hydrogen) atoms. The minimum Gasteiger partial charge on any atom is -0.356 e. The zero-order valence-electron chi connectivity index (χ0n) is 14.3. The fraction of sp³-hybridized carbons (Fsp3) is 0.0500. The molecule has 0 aliphatic heterocycles. The van der Waals surface area contributed by atoms with Crippen LogP contribution in [0.3, 0.4) is 0 Å². The summed E-state index contributed by atoms with van der Waals surface area (Å²) < 4.78 is 13.1. The molecule has 0 aliphatic rings. The highest BCUT2D eigenvalue weighted by Gasteiger charge is 2.12. The zero-order chi connectivity index (χ0) is 19.0. The first-order valence-corrected chi connectivity index (χ1v) is 8.26. The molecule has 3 N–H and O–H groups in total. The lowest BCUT2D eigenvalue weighted by Crippen LogP contribution is -2.12. The van der Waals surface area contributed by atoms with Crippen molar-refractivity contribution in [2.75, 3.05) is 5.32 Å². The molecule has 0 spiro atoms. The van der Waals surface area contributed by atoms with E-state index in [9.17, 15) is 14.0 Å². The molecule has 2 heterocycles. The van der Waals surface area contributed by atoms with Gasteiger partial charge >= 0.3 is 0 Å². The van der Waals surface area contributed by atoms with Gasteiger partial charge in [0, 0.05) is 23.0 Å². The van der Waals surface area contributed by atoms with E-state index in [1.165, 1.54) is 31.3 Å². The smallest absolute Gasteiger partial charge is 0.272 e. The van der Waals surface area contributed by atoms with Gasteiger partial charge < -0.3 is 15.3 Å². The largest absolute Gasteiger partial charge is 0.356 e. The van der Waals surface area contributed by atoms with Crippen molar-refractivity contribution in [3.05, 3.63) is 71.8 Å². The maximum atomic E-state index is 13.1. The Bertz CT molecular complexity index is 1160. The molecule has 0 fully saturated rings. The van der Waals surface area contributed by atoms with E-state index in [0.29, 0.717) is 22.8 Å². The van der Waals surface area contributed by atoms with Crippen LogP contribution in [0.1, 0.15) is 27.8 Å². The van der Waals surface area contributed by atoms with Crippen molar-refractivity contribution in [2.45, 2.75) is 6.92 Å². The fourth-order valence-electron chi connectivity index (χ4n) is 2.76. The number of nitrogens with one attached hydrogen (secondary N) is 3. The second kappa shape index (κ2) is 6.53. The van der Waals surface area contributed by atoms with E-state index in [4.69, 9.17) is 0 Å². The van der Waals surface area contributed by atoms with Crippen LogP contribution in [0.25, 0.3) is 22.4 Å². The van der Waals surface area contributed by atoms with E-state index in [1.807, 2.05) is 0 Å². The van der Waals surface area contributed by atoms with Gasteiger partial charge in [0.25, 0.3) is 5.91 Å². The van der Waals surface area contributed by atoms with E-state index >= 15 is 0 Å². The molecule has 0 saturated heterocycles. The second-order valence-corrected chi connectivity index (χ2v) is 6.14. The molecule has 134 valence electrons. The number of ketones is 1. The van der Waals surface area contributed by atoms with Crippen LogP contribution in [0.4, 0.5) is 10.1 Å². The number of aromatic nitrogens is 3. The number of aromatic amines is 2. The Kier molecular flexibility index (Phi) is 4.04. The first kappa shape index (κ1) is 16.7. The molecular weight excluding hydrogens is 347 g/mol. The van der Waals surface area contributed by atoms with E-state index in [0.717, 1.165) is 16.6 Å². The molecule has 0 aliphatic carbocycles. The summed E-state index contributed by atoms with van der Waals surface area (Å²) in [6, 6.07) is 12.8. The van der Waals surface area contributed by atoms with Gasteiger partial charge in [-0.15, -0.1) is 0 Å². The molecule has 0 atom stereocenters. The van der Waals surface area contributed by atoms with Gasteiger partial charge in [-0.1, -0.05) is 0 Å². The third kappa shape index (κ3) is 3.35. The average Bonchev–Trinajstić information content (AvgIpc) is 3.29. The van der Waals surface area contributed by atoms with Gasteiger partial charge in [0.2, 0.25) is 0 Å². The van der Waals surface area contributed by atoms with Crippen LogP contribution in [-0.4, -0.2) is 26.6 Å². The van der Waals surface area contributed by atoms with Gasteiger partial charge in [0.1, 0.15) is 17.3 Å². The summed E-state index contributed by atoms with van der Waals surface area (Å²) >= 11 is 0. The minimum atomic E-state index is -0.347. The number of imidazole rings is 1. The Balaban J connectivity index is 1.58. The topological polar surface area (TPSA) is 90.6 Å². The van der Waals surface area contributed by atoms with Gasteiger partial charge in [-0.3, -0.25) is 9.59 Å². The number of carbonyl (C=O) groups excluding carboxylic acids is 2. The molecule has 4 rings (SSSR count). The van der Waals surface area contributed by atoms with Crippen LogP contribution < -0.4 is 5.32 Å². The Morgan fingerprint density at radius 2 is 1.85 bits per heavy atom. The maximum absolute atomic E-state index is 13.1. The summed E-state index contributed by atoms with van der Waals surface area (Å²) in [5.41, 5.74) is 3.57. The third-order valence-corrected chi connectivity index (χ3v) is 4.19. The quantitative estimate of drug-likeness (QED) is 0.476. The Morgan fingerprint density at radius 1 is 1.07 bits per heavy atom. The number of nitrogens with zero attached hydrogens (tertiary/aromatic N) is 1. The highest BCUT2D eigenvalue weighted by atomic mass is 19.1.